The van der Waals surface area contributed by atoms with Crippen LogP contribution >= 0.6 is 0 Å². The van der Waals surface area contributed by atoms with Gasteiger partial charge in [0.2, 0.25) is 5.91 Å². The minimum Gasteiger partial charge on any atom is -0.478 e. The molecule has 0 aromatic heterocycles. The molecule has 2 N–H and O–H groups in total. The van der Waals surface area contributed by atoms with Crippen molar-refractivity contribution in [2.75, 3.05) is 18.0 Å². The molecule has 1 aliphatic heterocycles. The van der Waals surface area contributed by atoms with Crippen LogP contribution in [-0.2, 0) is 17.4 Å². The number of anilines is 1. The van der Waals surface area contributed by atoms with Gasteiger partial charge in [-0.2, -0.15) is 13.2 Å². The van der Waals surface area contributed by atoms with Gasteiger partial charge in [-0.1, -0.05) is 6.42 Å². The molecule has 2 aromatic carbocycles. The van der Waals surface area contributed by atoms with E-state index in [9.17, 15) is 32.3 Å². The Balaban J connectivity index is 1.28. The summed E-state index contributed by atoms with van der Waals surface area (Å²) in [5.74, 6) is -1.50. The van der Waals surface area contributed by atoms with Crippen molar-refractivity contribution in [3.8, 4) is 0 Å². The smallest absolute Gasteiger partial charge is 0.416 e. The van der Waals surface area contributed by atoms with Gasteiger partial charge >= 0.3 is 12.1 Å². The third kappa shape index (κ3) is 6.17. The summed E-state index contributed by atoms with van der Waals surface area (Å²) in [5, 5.41) is 12.6. The van der Waals surface area contributed by atoms with E-state index in [0.717, 1.165) is 43.1 Å². The average molecular weight is 507 g/mol. The van der Waals surface area contributed by atoms with Gasteiger partial charge in [0.05, 0.1) is 11.1 Å². The van der Waals surface area contributed by atoms with Gasteiger partial charge in [0, 0.05) is 30.7 Å². The number of carbonyl (C=O) groups is 2. The van der Waals surface area contributed by atoms with Gasteiger partial charge in [-0.25, -0.2) is 9.18 Å². The van der Waals surface area contributed by atoms with Crippen LogP contribution in [0.4, 0.5) is 23.2 Å². The highest BCUT2D eigenvalue weighted by atomic mass is 19.4. The maximum absolute atomic E-state index is 13.7. The number of hydrogen-bond donors (Lipinski definition) is 2. The van der Waals surface area contributed by atoms with Crippen molar-refractivity contribution < 1.29 is 32.3 Å². The molecule has 194 valence electrons. The number of alkyl halides is 3. The number of piperidine rings is 1. The predicted octanol–water partition coefficient (Wildman–Crippen LogP) is 5.68. The van der Waals surface area contributed by atoms with Crippen LogP contribution in [0.15, 0.2) is 42.5 Å². The lowest BCUT2D eigenvalue weighted by molar-refractivity contribution is -0.137. The van der Waals surface area contributed by atoms with Gasteiger partial charge in [-0.3, -0.25) is 4.79 Å². The molecule has 0 spiro atoms. The zero-order chi connectivity index (χ0) is 25.9. The molecule has 2 fully saturated rings. The summed E-state index contributed by atoms with van der Waals surface area (Å²) >= 11 is 0. The average Bonchev–Trinajstić information content (AvgIpc) is 3.29. The van der Waals surface area contributed by atoms with Crippen molar-refractivity contribution >= 4 is 17.6 Å². The summed E-state index contributed by atoms with van der Waals surface area (Å²) in [6.07, 6.45) is 0.729. The van der Waals surface area contributed by atoms with Crippen molar-refractivity contribution in [1.29, 1.82) is 0 Å². The van der Waals surface area contributed by atoms with Gasteiger partial charge in [0.25, 0.3) is 0 Å². The summed E-state index contributed by atoms with van der Waals surface area (Å²) in [6.45, 7) is 1.18. The highest BCUT2D eigenvalue weighted by molar-refractivity contribution is 5.89. The van der Waals surface area contributed by atoms with E-state index in [0.29, 0.717) is 44.3 Å². The third-order valence-electron chi connectivity index (χ3n) is 7.49. The maximum atomic E-state index is 13.7. The van der Waals surface area contributed by atoms with Crippen LogP contribution in [0.3, 0.4) is 0 Å². The van der Waals surface area contributed by atoms with Gasteiger partial charge in [-0.05, 0) is 92.5 Å². The standard InChI is InChI=1S/C27H30F4N2O3/c28-21-8-11-23(26(35)36)19(16-21)5-4-17-2-1-3-24(17)32-25(34)18-12-14-33(15-13-18)22-9-6-20(7-10-22)27(29,30)31/h6-11,16-18,24H,1-5,12-15H2,(H,32,34)(H,35,36)/t17-,24-/m0/s1. The number of hydrogen-bond acceptors (Lipinski definition) is 3. The Labute approximate surface area is 207 Å². The summed E-state index contributed by atoms with van der Waals surface area (Å²) in [5.41, 5.74) is 0.615. The molecule has 1 saturated carbocycles. The summed E-state index contributed by atoms with van der Waals surface area (Å²) in [6, 6.07) is 8.83. The molecular weight excluding hydrogens is 476 g/mol. The fourth-order valence-corrected chi connectivity index (χ4v) is 5.45. The van der Waals surface area contributed by atoms with Crippen LogP contribution in [0.25, 0.3) is 0 Å². The maximum Gasteiger partial charge on any atom is 0.416 e. The number of benzene rings is 2. The van der Waals surface area contributed by atoms with Crippen molar-refractivity contribution in [3.05, 3.63) is 65.0 Å². The molecule has 2 atom stereocenters. The zero-order valence-corrected chi connectivity index (χ0v) is 19.9. The third-order valence-corrected chi connectivity index (χ3v) is 7.49. The number of halogens is 4. The first kappa shape index (κ1) is 26.0. The lowest BCUT2D eigenvalue weighted by Crippen LogP contribution is -2.45. The molecule has 1 heterocycles. The van der Waals surface area contributed by atoms with Crippen molar-refractivity contribution in [3.63, 3.8) is 0 Å². The Morgan fingerprint density at radius 1 is 1.00 bits per heavy atom. The number of carboxylic acids is 1. The quantitative estimate of drug-likeness (QED) is 0.475. The molecule has 1 saturated heterocycles. The molecule has 9 heteroatoms. The number of nitrogens with one attached hydrogen (secondary N) is 1. The molecule has 0 unspecified atom stereocenters. The molecule has 2 aliphatic rings. The van der Waals surface area contributed by atoms with Crippen LogP contribution in [0.1, 0.15) is 60.0 Å². The summed E-state index contributed by atoms with van der Waals surface area (Å²) < 4.78 is 52.1. The van der Waals surface area contributed by atoms with E-state index in [-0.39, 0.29) is 29.3 Å². The fraction of sp³-hybridized carbons (Fsp3) is 0.481. The number of aromatic carboxylic acids is 1. The lowest BCUT2D eigenvalue weighted by Gasteiger charge is -2.34. The second-order valence-electron chi connectivity index (χ2n) is 9.76. The molecule has 4 rings (SSSR count). The second-order valence-corrected chi connectivity index (χ2v) is 9.76. The Morgan fingerprint density at radius 2 is 1.69 bits per heavy atom. The van der Waals surface area contributed by atoms with Crippen LogP contribution in [0, 0.1) is 17.7 Å². The highest BCUT2D eigenvalue weighted by Crippen LogP contribution is 2.33. The Bertz CT molecular complexity index is 1080. The molecule has 1 amide bonds. The SMILES string of the molecule is O=C(O)c1ccc(F)cc1CC[C@@H]1CCC[C@@H]1NC(=O)C1CCN(c2ccc(C(F)(F)F)cc2)CC1. The Morgan fingerprint density at radius 3 is 2.33 bits per heavy atom. The highest BCUT2D eigenvalue weighted by Gasteiger charge is 2.33. The monoisotopic (exact) mass is 506 g/mol. The van der Waals surface area contributed by atoms with Crippen LogP contribution in [0.2, 0.25) is 0 Å². The second kappa shape index (κ2) is 10.9. The number of aryl methyl sites for hydroxylation is 1. The molecule has 0 bridgehead atoms. The lowest BCUT2D eigenvalue weighted by atomic mass is 9.91. The van der Waals surface area contributed by atoms with Gasteiger partial charge in [0.15, 0.2) is 0 Å². The van der Waals surface area contributed by atoms with Gasteiger partial charge < -0.3 is 15.3 Å². The molecule has 5 nitrogen and oxygen atoms in total. The summed E-state index contributed by atoms with van der Waals surface area (Å²) in [4.78, 5) is 26.4. The normalized spacial score (nSPS) is 20.9. The predicted molar refractivity (Wildman–Crippen MR) is 127 cm³/mol. The number of rotatable bonds is 7. The molecular formula is C27H30F4N2O3. The molecule has 0 radical (unpaired) electrons. The first-order chi connectivity index (χ1) is 17.1. The summed E-state index contributed by atoms with van der Waals surface area (Å²) in [7, 11) is 0. The fourth-order valence-electron chi connectivity index (χ4n) is 5.45. The van der Waals surface area contributed by atoms with Gasteiger partial charge in [0.1, 0.15) is 5.82 Å². The molecule has 2 aromatic rings. The van der Waals surface area contributed by atoms with Crippen molar-refractivity contribution in [2.45, 2.75) is 57.2 Å². The van der Waals surface area contributed by atoms with E-state index in [4.69, 9.17) is 0 Å². The number of amides is 1. The first-order valence-corrected chi connectivity index (χ1v) is 12.4. The molecule has 36 heavy (non-hydrogen) atoms. The van der Waals surface area contributed by atoms with Crippen LogP contribution in [-0.4, -0.2) is 36.1 Å². The Kier molecular flexibility index (Phi) is 7.85. The van der Waals surface area contributed by atoms with E-state index in [1.807, 2.05) is 4.90 Å². The van der Waals surface area contributed by atoms with E-state index < -0.39 is 23.5 Å². The van der Waals surface area contributed by atoms with E-state index in [2.05, 4.69) is 5.32 Å². The number of carbonyl (C=O) groups excluding carboxylic acids is 1. The van der Waals surface area contributed by atoms with E-state index in [1.54, 1.807) is 0 Å². The van der Waals surface area contributed by atoms with Gasteiger partial charge in [-0.15, -0.1) is 0 Å². The largest absolute Gasteiger partial charge is 0.478 e. The zero-order valence-electron chi connectivity index (χ0n) is 19.9. The number of nitrogens with zero attached hydrogens (tertiary/aromatic N) is 1. The van der Waals surface area contributed by atoms with E-state index in [1.165, 1.54) is 24.3 Å². The Hall–Kier alpha value is -3.10. The number of carboxylic acid groups (broad SMARTS) is 1. The minimum atomic E-state index is -4.36. The van der Waals surface area contributed by atoms with E-state index >= 15 is 0 Å². The van der Waals surface area contributed by atoms with Crippen molar-refractivity contribution in [2.24, 2.45) is 11.8 Å². The van der Waals surface area contributed by atoms with Crippen LogP contribution in [0.5, 0.6) is 0 Å². The topological polar surface area (TPSA) is 69.6 Å². The van der Waals surface area contributed by atoms with Crippen LogP contribution < -0.4 is 10.2 Å². The first-order valence-electron chi connectivity index (χ1n) is 12.4. The minimum absolute atomic E-state index is 0.00375. The molecule has 1 aliphatic carbocycles. The van der Waals surface area contributed by atoms with Crippen molar-refractivity contribution in [1.82, 2.24) is 5.32 Å².